The van der Waals surface area contributed by atoms with Crippen molar-refractivity contribution in [1.82, 2.24) is 5.32 Å². The van der Waals surface area contributed by atoms with Crippen LogP contribution in [0.5, 0.6) is 0 Å². The highest BCUT2D eigenvalue weighted by atomic mass is 32.2. The number of thioether (sulfide) groups is 1. The summed E-state index contributed by atoms with van der Waals surface area (Å²) in [6, 6.07) is 5.00. The minimum Gasteiger partial charge on any atom is -0.313 e. The Bertz CT molecular complexity index is 221. The Kier molecular flexibility index (Phi) is 6.32. The van der Waals surface area contributed by atoms with Gasteiger partial charge in [-0.3, -0.25) is 0 Å². The first kappa shape index (κ1) is 12.1. The SMILES string of the molecule is CCCNC(CSC)Cc1cccs1. The topological polar surface area (TPSA) is 12.0 Å². The van der Waals surface area contributed by atoms with Crippen molar-refractivity contribution in [3.05, 3.63) is 22.4 Å². The van der Waals surface area contributed by atoms with Crippen LogP contribution >= 0.6 is 23.1 Å². The zero-order valence-corrected chi connectivity index (χ0v) is 10.6. The molecule has 0 saturated carbocycles. The predicted octanol–water partition coefficient (Wildman–Crippen LogP) is 3.02. The van der Waals surface area contributed by atoms with Crippen LogP contribution in [0.25, 0.3) is 0 Å². The molecule has 1 nitrogen and oxygen atoms in total. The van der Waals surface area contributed by atoms with Crippen molar-refractivity contribution in [1.29, 1.82) is 0 Å². The van der Waals surface area contributed by atoms with Gasteiger partial charge in [0.15, 0.2) is 0 Å². The van der Waals surface area contributed by atoms with Gasteiger partial charge in [-0.05, 0) is 37.1 Å². The molecule has 0 aliphatic rings. The lowest BCUT2D eigenvalue weighted by Gasteiger charge is -2.16. The highest BCUT2D eigenvalue weighted by molar-refractivity contribution is 7.98. The Balaban J connectivity index is 2.34. The molecular weight excluding hydrogens is 210 g/mol. The summed E-state index contributed by atoms with van der Waals surface area (Å²) in [5, 5.41) is 5.75. The summed E-state index contributed by atoms with van der Waals surface area (Å²) in [4.78, 5) is 1.49. The Morgan fingerprint density at radius 1 is 1.57 bits per heavy atom. The second-order valence-electron chi connectivity index (χ2n) is 3.39. The molecular formula is C11H19NS2. The normalized spacial score (nSPS) is 13.0. The molecule has 1 unspecified atom stereocenters. The van der Waals surface area contributed by atoms with Gasteiger partial charge in [0.05, 0.1) is 0 Å². The van der Waals surface area contributed by atoms with E-state index in [0.717, 1.165) is 6.54 Å². The molecule has 1 aromatic heterocycles. The van der Waals surface area contributed by atoms with E-state index in [-0.39, 0.29) is 0 Å². The summed E-state index contributed by atoms with van der Waals surface area (Å²) in [5.74, 6) is 1.21. The minimum atomic E-state index is 0.642. The van der Waals surface area contributed by atoms with Crippen LogP contribution in [0.3, 0.4) is 0 Å². The average Bonchev–Trinajstić information content (AvgIpc) is 2.67. The maximum absolute atomic E-state index is 3.59. The van der Waals surface area contributed by atoms with Gasteiger partial charge in [0.2, 0.25) is 0 Å². The summed E-state index contributed by atoms with van der Waals surface area (Å²) in [7, 11) is 0. The highest BCUT2D eigenvalue weighted by Crippen LogP contribution is 2.12. The Morgan fingerprint density at radius 3 is 3.00 bits per heavy atom. The molecule has 80 valence electrons. The van der Waals surface area contributed by atoms with Crippen molar-refractivity contribution in [3.8, 4) is 0 Å². The first-order chi connectivity index (χ1) is 6.86. The number of hydrogen-bond acceptors (Lipinski definition) is 3. The average molecular weight is 229 g/mol. The van der Waals surface area contributed by atoms with Gasteiger partial charge in [-0.1, -0.05) is 13.0 Å². The molecule has 0 aliphatic heterocycles. The largest absolute Gasteiger partial charge is 0.313 e. The predicted molar refractivity (Wildman–Crippen MR) is 68.5 cm³/mol. The molecule has 14 heavy (non-hydrogen) atoms. The Morgan fingerprint density at radius 2 is 2.43 bits per heavy atom. The van der Waals surface area contributed by atoms with Crippen LogP contribution < -0.4 is 5.32 Å². The van der Waals surface area contributed by atoms with Crippen molar-refractivity contribution in [2.75, 3.05) is 18.6 Å². The van der Waals surface area contributed by atoms with E-state index in [2.05, 4.69) is 36.0 Å². The summed E-state index contributed by atoms with van der Waals surface area (Å²) in [6.07, 6.45) is 4.57. The summed E-state index contributed by atoms with van der Waals surface area (Å²) < 4.78 is 0. The van der Waals surface area contributed by atoms with E-state index in [1.54, 1.807) is 0 Å². The van der Waals surface area contributed by atoms with Crippen LogP contribution in [-0.2, 0) is 6.42 Å². The molecule has 1 aromatic rings. The molecule has 1 N–H and O–H groups in total. The number of thiophene rings is 1. The fourth-order valence-corrected chi connectivity index (χ4v) is 2.84. The van der Waals surface area contributed by atoms with Gasteiger partial charge in [-0.2, -0.15) is 11.8 Å². The van der Waals surface area contributed by atoms with E-state index in [9.17, 15) is 0 Å². The minimum absolute atomic E-state index is 0.642. The van der Waals surface area contributed by atoms with Crippen LogP contribution in [-0.4, -0.2) is 24.6 Å². The molecule has 0 spiro atoms. The first-order valence-electron chi connectivity index (χ1n) is 5.11. The standard InChI is InChI=1S/C11H19NS2/c1-3-6-12-10(9-13-2)8-11-5-4-7-14-11/h4-5,7,10,12H,3,6,8-9H2,1-2H3. The monoisotopic (exact) mass is 229 g/mol. The third-order valence-corrected chi connectivity index (χ3v) is 3.71. The highest BCUT2D eigenvalue weighted by Gasteiger charge is 2.08. The molecule has 0 radical (unpaired) electrons. The van der Waals surface area contributed by atoms with Crippen LogP contribution in [0.4, 0.5) is 0 Å². The fourth-order valence-electron chi connectivity index (χ4n) is 1.41. The zero-order chi connectivity index (χ0) is 10.2. The Labute approximate surface area is 95.3 Å². The Hall–Kier alpha value is 0.01000. The lowest BCUT2D eigenvalue weighted by atomic mass is 10.2. The van der Waals surface area contributed by atoms with Crippen molar-refractivity contribution in [2.45, 2.75) is 25.8 Å². The van der Waals surface area contributed by atoms with E-state index < -0.39 is 0 Å². The van der Waals surface area contributed by atoms with Gasteiger partial charge in [0.1, 0.15) is 0 Å². The maximum atomic E-state index is 3.59. The fraction of sp³-hybridized carbons (Fsp3) is 0.636. The zero-order valence-electron chi connectivity index (χ0n) is 8.95. The lowest BCUT2D eigenvalue weighted by molar-refractivity contribution is 0.553. The molecule has 1 rings (SSSR count). The van der Waals surface area contributed by atoms with Gasteiger partial charge in [0.25, 0.3) is 0 Å². The number of rotatable bonds is 7. The second kappa shape index (κ2) is 7.32. The van der Waals surface area contributed by atoms with Gasteiger partial charge in [-0.25, -0.2) is 0 Å². The molecule has 1 atom stereocenters. The van der Waals surface area contributed by atoms with Crippen LogP contribution in [0.2, 0.25) is 0 Å². The van der Waals surface area contributed by atoms with E-state index in [1.165, 1.54) is 23.5 Å². The van der Waals surface area contributed by atoms with Crippen molar-refractivity contribution < 1.29 is 0 Å². The second-order valence-corrected chi connectivity index (χ2v) is 5.33. The van der Waals surface area contributed by atoms with Crippen LogP contribution in [0, 0.1) is 0 Å². The molecule has 0 saturated heterocycles. The van der Waals surface area contributed by atoms with Crippen molar-refractivity contribution >= 4 is 23.1 Å². The van der Waals surface area contributed by atoms with Crippen LogP contribution in [0.15, 0.2) is 17.5 Å². The van der Waals surface area contributed by atoms with E-state index in [0.29, 0.717) is 6.04 Å². The van der Waals surface area contributed by atoms with Gasteiger partial charge >= 0.3 is 0 Å². The molecule has 0 aliphatic carbocycles. The van der Waals surface area contributed by atoms with Crippen molar-refractivity contribution in [3.63, 3.8) is 0 Å². The molecule has 0 fully saturated rings. The third-order valence-electron chi connectivity index (χ3n) is 2.08. The van der Waals surface area contributed by atoms with Gasteiger partial charge in [0, 0.05) is 16.7 Å². The van der Waals surface area contributed by atoms with Gasteiger partial charge in [-0.15, -0.1) is 11.3 Å². The van der Waals surface area contributed by atoms with Crippen LogP contribution in [0.1, 0.15) is 18.2 Å². The molecule has 3 heteroatoms. The molecule has 0 aromatic carbocycles. The lowest BCUT2D eigenvalue weighted by Crippen LogP contribution is -2.33. The number of nitrogens with one attached hydrogen (secondary N) is 1. The van der Waals surface area contributed by atoms with Crippen molar-refractivity contribution in [2.24, 2.45) is 0 Å². The summed E-state index contributed by atoms with van der Waals surface area (Å²) in [6.45, 7) is 3.35. The van der Waals surface area contributed by atoms with Gasteiger partial charge < -0.3 is 5.32 Å². The molecule has 0 bridgehead atoms. The van der Waals surface area contributed by atoms with E-state index >= 15 is 0 Å². The quantitative estimate of drug-likeness (QED) is 0.771. The van der Waals surface area contributed by atoms with E-state index in [4.69, 9.17) is 0 Å². The first-order valence-corrected chi connectivity index (χ1v) is 7.38. The third kappa shape index (κ3) is 4.49. The molecule has 0 amide bonds. The maximum Gasteiger partial charge on any atom is 0.0206 e. The van der Waals surface area contributed by atoms with E-state index in [1.807, 2.05) is 23.1 Å². The number of hydrogen-bond donors (Lipinski definition) is 1. The summed E-state index contributed by atoms with van der Waals surface area (Å²) >= 11 is 3.79. The molecule has 1 heterocycles. The summed E-state index contributed by atoms with van der Waals surface area (Å²) in [5.41, 5.74) is 0. The smallest absolute Gasteiger partial charge is 0.0206 e.